The molecule has 108 valence electrons. The number of fused-ring (bicyclic) bond motifs is 1. The summed E-state index contributed by atoms with van der Waals surface area (Å²) in [6, 6.07) is 8.83. The number of aromatic nitrogens is 3. The van der Waals surface area contributed by atoms with Crippen LogP contribution in [0.25, 0.3) is 11.0 Å². The van der Waals surface area contributed by atoms with E-state index in [2.05, 4.69) is 30.9 Å². The Morgan fingerprint density at radius 1 is 1.19 bits per heavy atom. The number of imidazole rings is 1. The van der Waals surface area contributed by atoms with Crippen LogP contribution in [-0.4, -0.2) is 15.0 Å². The van der Waals surface area contributed by atoms with Gasteiger partial charge in [-0.2, -0.15) is 13.2 Å². The van der Waals surface area contributed by atoms with E-state index in [0.717, 1.165) is 9.92 Å². The molecule has 0 aliphatic carbocycles. The largest absolute Gasteiger partial charge is 0.449 e. The summed E-state index contributed by atoms with van der Waals surface area (Å²) in [6.07, 6.45) is -2.83. The van der Waals surface area contributed by atoms with E-state index in [9.17, 15) is 13.2 Å². The molecular weight excluding hydrogens is 367 g/mol. The van der Waals surface area contributed by atoms with Crippen LogP contribution < -0.4 is 0 Å². The lowest BCUT2D eigenvalue weighted by Crippen LogP contribution is -2.06. The molecule has 0 amide bonds. The lowest BCUT2D eigenvalue weighted by atomic mass is 10.3. The molecule has 8 heteroatoms. The van der Waals surface area contributed by atoms with Gasteiger partial charge in [0.25, 0.3) is 0 Å². The van der Waals surface area contributed by atoms with Crippen LogP contribution in [0.3, 0.4) is 0 Å². The first-order chi connectivity index (χ1) is 9.93. The van der Waals surface area contributed by atoms with Crippen molar-refractivity contribution < 1.29 is 13.2 Å². The van der Waals surface area contributed by atoms with Gasteiger partial charge >= 0.3 is 6.18 Å². The second-order valence-corrected chi connectivity index (χ2v) is 6.10. The quantitative estimate of drug-likeness (QED) is 0.695. The fourth-order valence-corrected chi connectivity index (χ4v) is 3.33. The van der Waals surface area contributed by atoms with E-state index in [0.29, 0.717) is 9.99 Å². The van der Waals surface area contributed by atoms with Crippen molar-refractivity contribution in [2.45, 2.75) is 16.1 Å². The van der Waals surface area contributed by atoms with Crippen molar-refractivity contribution in [1.29, 1.82) is 0 Å². The minimum absolute atomic E-state index is 0.257. The van der Waals surface area contributed by atoms with Crippen LogP contribution >= 0.6 is 27.7 Å². The van der Waals surface area contributed by atoms with Gasteiger partial charge in [0.05, 0.1) is 5.52 Å². The number of hydrogen-bond acceptors (Lipinski definition) is 3. The third-order valence-corrected chi connectivity index (χ3v) is 4.17. The smallest absolute Gasteiger partial charge is 0.334 e. The Kier molecular flexibility index (Phi) is 3.66. The molecule has 0 unspecified atom stereocenters. The average molecular weight is 374 g/mol. The number of alkyl halides is 3. The van der Waals surface area contributed by atoms with Crippen LogP contribution in [0.1, 0.15) is 5.82 Å². The standard InChI is InChI=1S/C13H7BrF3N3S/c14-8-5-7(21-10-3-1-2-4-18-10)6-9-11(8)20-12(19-9)13(15,16)17/h1-6H,(H,19,20). The first kappa shape index (κ1) is 14.4. The summed E-state index contributed by atoms with van der Waals surface area (Å²) in [7, 11) is 0. The summed E-state index contributed by atoms with van der Waals surface area (Å²) in [5, 5.41) is 0.763. The molecule has 2 aromatic heterocycles. The van der Waals surface area contributed by atoms with E-state index >= 15 is 0 Å². The van der Waals surface area contributed by atoms with E-state index in [1.54, 1.807) is 24.4 Å². The van der Waals surface area contributed by atoms with Crippen LogP contribution in [0.5, 0.6) is 0 Å². The van der Waals surface area contributed by atoms with E-state index in [4.69, 9.17) is 0 Å². The molecule has 0 aliphatic heterocycles. The van der Waals surface area contributed by atoms with Crippen molar-refractivity contribution >= 4 is 38.7 Å². The van der Waals surface area contributed by atoms with Gasteiger partial charge in [0.15, 0.2) is 0 Å². The molecular formula is C13H7BrF3N3S. The van der Waals surface area contributed by atoms with Crippen LogP contribution in [0.15, 0.2) is 50.9 Å². The van der Waals surface area contributed by atoms with Gasteiger partial charge in [-0.15, -0.1) is 0 Å². The minimum atomic E-state index is -4.49. The number of hydrogen-bond donors (Lipinski definition) is 1. The predicted octanol–water partition coefficient (Wildman–Crippen LogP) is 4.89. The zero-order chi connectivity index (χ0) is 15.0. The number of rotatable bonds is 2. The fourth-order valence-electron chi connectivity index (χ4n) is 1.77. The van der Waals surface area contributed by atoms with Crippen LogP contribution in [0, 0.1) is 0 Å². The normalized spacial score (nSPS) is 12.0. The summed E-state index contributed by atoms with van der Waals surface area (Å²) in [4.78, 5) is 10.8. The zero-order valence-corrected chi connectivity index (χ0v) is 12.7. The molecule has 3 aromatic rings. The Morgan fingerprint density at radius 2 is 2.00 bits per heavy atom. The summed E-state index contributed by atoms with van der Waals surface area (Å²) < 4.78 is 38.5. The van der Waals surface area contributed by atoms with Crippen molar-refractivity contribution in [3.8, 4) is 0 Å². The Hall–Kier alpha value is -1.54. The van der Waals surface area contributed by atoms with Gasteiger partial charge in [0.2, 0.25) is 5.82 Å². The molecule has 0 atom stereocenters. The highest BCUT2D eigenvalue weighted by Gasteiger charge is 2.35. The highest BCUT2D eigenvalue weighted by atomic mass is 79.9. The monoisotopic (exact) mass is 373 g/mol. The predicted molar refractivity (Wildman–Crippen MR) is 77.2 cm³/mol. The molecule has 0 saturated heterocycles. The minimum Gasteiger partial charge on any atom is -0.334 e. The summed E-state index contributed by atoms with van der Waals surface area (Å²) in [5.41, 5.74) is 0.586. The highest BCUT2D eigenvalue weighted by molar-refractivity contribution is 9.10. The topological polar surface area (TPSA) is 41.6 Å². The summed E-state index contributed by atoms with van der Waals surface area (Å²) >= 11 is 4.62. The van der Waals surface area contributed by atoms with Crippen LogP contribution in [-0.2, 0) is 6.18 Å². The molecule has 1 N–H and O–H groups in total. The number of nitrogens with zero attached hydrogens (tertiary/aromatic N) is 2. The Balaban J connectivity index is 2.02. The maximum Gasteiger partial charge on any atom is 0.449 e. The van der Waals surface area contributed by atoms with Gasteiger partial charge in [-0.3, -0.25) is 0 Å². The van der Waals surface area contributed by atoms with Gasteiger partial charge < -0.3 is 4.98 Å². The van der Waals surface area contributed by atoms with E-state index in [-0.39, 0.29) is 5.52 Å². The first-order valence-electron chi connectivity index (χ1n) is 5.79. The van der Waals surface area contributed by atoms with Crippen LogP contribution in [0.4, 0.5) is 13.2 Å². The fraction of sp³-hybridized carbons (Fsp3) is 0.0769. The second-order valence-electron chi connectivity index (χ2n) is 4.15. The van der Waals surface area contributed by atoms with Gasteiger partial charge in [0.1, 0.15) is 10.5 Å². The van der Waals surface area contributed by atoms with E-state index in [1.165, 1.54) is 11.8 Å². The Bertz CT molecular complexity index is 786. The maximum atomic E-state index is 12.7. The van der Waals surface area contributed by atoms with Crippen molar-refractivity contribution in [2.75, 3.05) is 0 Å². The molecule has 2 heterocycles. The molecule has 0 fully saturated rings. The number of halogens is 4. The average Bonchev–Trinajstić information content (AvgIpc) is 2.84. The summed E-state index contributed by atoms with van der Waals surface area (Å²) in [6.45, 7) is 0. The molecule has 0 spiro atoms. The lowest BCUT2D eigenvalue weighted by molar-refractivity contribution is -0.144. The molecule has 0 radical (unpaired) electrons. The summed E-state index contributed by atoms with van der Waals surface area (Å²) in [5.74, 6) is -1.00. The number of aromatic amines is 1. The second kappa shape index (κ2) is 5.34. The van der Waals surface area contributed by atoms with Crippen molar-refractivity contribution in [1.82, 2.24) is 15.0 Å². The zero-order valence-electron chi connectivity index (χ0n) is 10.3. The Morgan fingerprint density at radius 3 is 2.67 bits per heavy atom. The lowest BCUT2D eigenvalue weighted by Gasteiger charge is -2.02. The van der Waals surface area contributed by atoms with Gasteiger partial charge in [-0.05, 0) is 40.2 Å². The molecule has 21 heavy (non-hydrogen) atoms. The SMILES string of the molecule is FC(F)(F)c1nc2c(Br)cc(Sc3ccccn3)cc2[nH]1. The van der Waals surface area contributed by atoms with Gasteiger partial charge in [0, 0.05) is 15.6 Å². The van der Waals surface area contributed by atoms with Crippen molar-refractivity contribution in [3.63, 3.8) is 0 Å². The van der Waals surface area contributed by atoms with Crippen molar-refractivity contribution in [3.05, 3.63) is 46.8 Å². The van der Waals surface area contributed by atoms with Crippen molar-refractivity contribution in [2.24, 2.45) is 0 Å². The molecule has 1 aromatic carbocycles. The Labute approximate surface area is 130 Å². The van der Waals surface area contributed by atoms with Crippen LogP contribution in [0.2, 0.25) is 0 Å². The molecule has 3 rings (SSSR count). The third-order valence-electron chi connectivity index (χ3n) is 2.64. The van der Waals surface area contributed by atoms with E-state index < -0.39 is 12.0 Å². The number of pyridine rings is 1. The molecule has 0 bridgehead atoms. The molecule has 0 aliphatic rings. The number of benzene rings is 1. The van der Waals surface area contributed by atoms with Gasteiger partial charge in [-0.25, -0.2) is 9.97 Å². The molecule has 3 nitrogen and oxygen atoms in total. The number of nitrogens with one attached hydrogen (secondary N) is 1. The third kappa shape index (κ3) is 3.06. The van der Waals surface area contributed by atoms with Gasteiger partial charge in [-0.1, -0.05) is 17.8 Å². The maximum absolute atomic E-state index is 12.7. The van der Waals surface area contributed by atoms with E-state index in [1.807, 2.05) is 12.1 Å². The highest BCUT2D eigenvalue weighted by Crippen LogP contribution is 2.35. The first-order valence-corrected chi connectivity index (χ1v) is 7.40. The number of H-pyrrole nitrogens is 1. The molecule has 0 saturated carbocycles.